The van der Waals surface area contributed by atoms with Gasteiger partial charge in [0.1, 0.15) is 5.82 Å². The Kier molecular flexibility index (Phi) is 4.34. The van der Waals surface area contributed by atoms with Crippen LogP contribution >= 0.6 is 0 Å². The van der Waals surface area contributed by atoms with Crippen LogP contribution < -0.4 is 0 Å². The Balaban J connectivity index is 2.80. The highest BCUT2D eigenvalue weighted by Crippen LogP contribution is 2.18. The van der Waals surface area contributed by atoms with Gasteiger partial charge in [0, 0.05) is 24.9 Å². The van der Waals surface area contributed by atoms with Gasteiger partial charge in [-0.15, -0.1) is 0 Å². The summed E-state index contributed by atoms with van der Waals surface area (Å²) in [5.41, 5.74) is 0. The maximum absolute atomic E-state index is 10.7. The Labute approximate surface area is 89.9 Å². The highest BCUT2D eigenvalue weighted by molar-refractivity contribution is 5.67. The number of aryl methyl sites for hydroxylation is 1. The average Bonchev–Trinajstić information content (AvgIpc) is 2.63. The van der Waals surface area contributed by atoms with E-state index in [1.165, 1.54) is 0 Å². The number of rotatable bonds is 6. The molecule has 0 bridgehead atoms. The maximum atomic E-state index is 10.7. The maximum Gasteiger partial charge on any atom is 0.305 e. The van der Waals surface area contributed by atoms with Gasteiger partial charge in [0.25, 0.3) is 0 Å². The van der Waals surface area contributed by atoms with E-state index in [1.54, 1.807) is 6.20 Å². The van der Waals surface area contributed by atoms with Gasteiger partial charge >= 0.3 is 5.97 Å². The molecular weight excluding hydrogens is 192 g/mol. The molecule has 0 aliphatic rings. The fraction of sp³-hybridized carbons (Fsp3) is 0.636. The molecule has 0 saturated heterocycles. The van der Waals surface area contributed by atoms with Crippen LogP contribution in [-0.2, 0) is 11.2 Å². The van der Waals surface area contributed by atoms with Gasteiger partial charge in [0.05, 0.1) is 6.42 Å². The summed E-state index contributed by atoms with van der Waals surface area (Å²) in [7, 11) is 0. The van der Waals surface area contributed by atoms with E-state index in [2.05, 4.69) is 11.9 Å². The van der Waals surface area contributed by atoms with Crippen molar-refractivity contribution in [1.29, 1.82) is 0 Å². The molecule has 84 valence electrons. The van der Waals surface area contributed by atoms with Gasteiger partial charge in [-0.3, -0.25) is 4.79 Å². The predicted octanol–water partition coefficient (Wildman–Crippen LogP) is 2.26. The standard InChI is InChI=1S/C11H18N2O2/c1-3-5-10-12-6-7-13(10)9(4-2)8-11(14)15/h6-7,9H,3-5,8H2,1-2H3,(H,14,15). The second-order valence-electron chi connectivity index (χ2n) is 3.66. The second-order valence-corrected chi connectivity index (χ2v) is 3.66. The van der Waals surface area contributed by atoms with E-state index in [1.807, 2.05) is 17.7 Å². The number of carbonyl (C=O) groups is 1. The van der Waals surface area contributed by atoms with Crippen LogP contribution in [0.4, 0.5) is 0 Å². The van der Waals surface area contributed by atoms with Crippen molar-refractivity contribution in [1.82, 2.24) is 9.55 Å². The summed E-state index contributed by atoms with van der Waals surface area (Å²) < 4.78 is 2.00. The molecule has 1 aromatic heterocycles. The van der Waals surface area contributed by atoms with Crippen LogP contribution in [0, 0.1) is 0 Å². The lowest BCUT2D eigenvalue weighted by molar-refractivity contribution is -0.137. The zero-order chi connectivity index (χ0) is 11.3. The molecule has 4 nitrogen and oxygen atoms in total. The fourth-order valence-corrected chi connectivity index (χ4v) is 1.73. The molecular formula is C11H18N2O2. The van der Waals surface area contributed by atoms with E-state index in [0.29, 0.717) is 0 Å². The lowest BCUT2D eigenvalue weighted by atomic mass is 10.1. The molecule has 1 atom stereocenters. The minimum absolute atomic E-state index is 0.0338. The summed E-state index contributed by atoms with van der Waals surface area (Å²) in [4.78, 5) is 15.0. The first-order valence-electron chi connectivity index (χ1n) is 5.42. The summed E-state index contributed by atoms with van der Waals surface area (Å²) in [5, 5.41) is 8.80. The second kappa shape index (κ2) is 5.53. The van der Waals surface area contributed by atoms with E-state index in [0.717, 1.165) is 25.1 Å². The highest BCUT2D eigenvalue weighted by atomic mass is 16.4. The van der Waals surface area contributed by atoms with Crippen molar-refractivity contribution in [2.75, 3.05) is 0 Å². The monoisotopic (exact) mass is 210 g/mol. The van der Waals surface area contributed by atoms with Gasteiger partial charge in [0.15, 0.2) is 0 Å². The van der Waals surface area contributed by atoms with E-state index < -0.39 is 5.97 Å². The van der Waals surface area contributed by atoms with Crippen molar-refractivity contribution in [3.05, 3.63) is 18.2 Å². The molecule has 0 aliphatic heterocycles. The number of hydrogen-bond donors (Lipinski definition) is 1. The topological polar surface area (TPSA) is 55.1 Å². The average molecular weight is 210 g/mol. The van der Waals surface area contributed by atoms with Crippen LogP contribution in [0.1, 0.15) is 45.0 Å². The number of aromatic nitrogens is 2. The molecule has 1 heterocycles. The highest BCUT2D eigenvalue weighted by Gasteiger charge is 2.15. The number of aliphatic carboxylic acids is 1. The molecule has 0 aromatic carbocycles. The van der Waals surface area contributed by atoms with Crippen molar-refractivity contribution >= 4 is 5.97 Å². The van der Waals surface area contributed by atoms with Crippen LogP contribution in [-0.4, -0.2) is 20.6 Å². The van der Waals surface area contributed by atoms with E-state index in [4.69, 9.17) is 5.11 Å². The molecule has 1 rings (SSSR count). The third kappa shape index (κ3) is 3.08. The van der Waals surface area contributed by atoms with E-state index in [-0.39, 0.29) is 12.5 Å². The number of nitrogens with zero attached hydrogens (tertiary/aromatic N) is 2. The molecule has 0 spiro atoms. The Bertz CT molecular complexity index is 320. The number of carboxylic acid groups (broad SMARTS) is 1. The molecule has 15 heavy (non-hydrogen) atoms. The summed E-state index contributed by atoms with van der Waals surface area (Å²) in [6.07, 6.45) is 6.55. The summed E-state index contributed by atoms with van der Waals surface area (Å²) in [6.45, 7) is 4.10. The molecule has 1 aromatic rings. The SMILES string of the molecule is CCCc1nccn1C(CC)CC(=O)O. The lowest BCUT2D eigenvalue weighted by Crippen LogP contribution is -2.14. The van der Waals surface area contributed by atoms with Crippen molar-refractivity contribution in [3.8, 4) is 0 Å². The van der Waals surface area contributed by atoms with Crippen molar-refractivity contribution in [2.45, 2.75) is 45.6 Å². The van der Waals surface area contributed by atoms with Gasteiger partial charge in [-0.1, -0.05) is 13.8 Å². The summed E-state index contributed by atoms with van der Waals surface area (Å²) in [6, 6.07) is 0.0338. The fourth-order valence-electron chi connectivity index (χ4n) is 1.73. The minimum atomic E-state index is -0.752. The normalized spacial score (nSPS) is 12.7. The minimum Gasteiger partial charge on any atom is -0.481 e. The van der Waals surface area contributed by atoms with Crippen molar-refractivity contribution in [2.24, 2.45) is 0 Å². The van der Waals surface area contributed by atoms with Crippen LogP contribution in [0.2, 0.25) is 0 Å². The molecule has 4 heteroatoms. The molecule has 0 radical (unpaired) electrons. The first-order valence-corrected chi connectivity index (χ1v) is 5.42. The van der Waals surface area contributed by atoms with Crippen LogP contribution in [0.5, 0.6) is 0 Å². The molecule has 0 amide bonds. The molecule has 1 unspecified atom stereocenters. The first kappa shape index (κ1) is 11.8. The van der Waals surface area contributed by atoms with Crippen LogP contribution in [0.25, 0.3) is 0 Å². The predicted molar refractivity (Wildman–Crippen MR) is 57.8 cm³/mol. The van der Waals surface area contributed by atoms with Gasteiger partial charge in [0.2, 0.25) is 0 Å². The largest absolute Gasteiger partial charge is 0.481 e. The van der Waals surface area contributed by atoms with Crippen molar-refractivity contribution in [3.63, 3.8) is 0 Å². The Hall–Kier alpha value is -1.32. The van der Waals surface area contributed by atoms with Crippen LogP contribution in [0.3, 0.4) is 0 Å². The quantitative estimate of drug-likeness (QED) is 0.783. The summed E-state index contributed by atoms with van der Waals surface area (Å²) in [5.74, 6) is 0.239. The summed E-state index contributed by atoms with van der Waals surface area (Å²) >= 11 is 0. The molecule has 1 N–H and O–H groups in total. The van der Waals surface area contributed by atoms with Gasteiger partial charge in [-0.2, -0.15) is 0 Å². The van der Waals surface area contributed by atoms with Gasteiger partial charge in [-0.25, -0.2) is 4.98 Å². The Morgan fingerprint density at radius 2 is 2.33 bits per heavy atom. The smallest absolute Gasteiger partial charge is 0.305 e. The molecule has 0 aliphatic carbocycles. The Morgan fingerprint density at radius 1 is 1.60 bits per heavy atom. The number of imidazole rings is 1. The third-order valence-corrected chi connectivity index (χ3v) is 2.50. The van der Waals surface area contributed by atoms with E-state index >= 15 is 0 Å². The molecule has 0 fully saturated rings. The Morgan fingerprint density at radius 3 is 2.87 bits per heavy atom. The number of hydrogen-bond acceptors (Lipinski definition) is 2. The van der Waals surface area contributed by atoms with Gasteiger partial charge in [-0.05, 0) is 12.8 Å². The lowest BCUT2D eigenvalue weighted by Gasteiger charge is -2.17. The molecule has 0 saturated carbocycles. The van der Waals surface area contributed by atoms with Crippen LogP contribution in [0.15, 0.2) is 12.4 Å². The number of carboxylic acids is 1. The zero-order valence-electron chi connectivity index (χ0n) is 9.31. The van der Waals surface area contributed by atoms with E-state index in [9.17, 15) is 4.79 Å². The zero-order valence-corrected chi connectivity index (χ0v) is 9.31. The van der Waals surface area contributed by atoms with Crippen molar-refractivity contribution < 1.29 is 9.90 Å². The third-order valence-electron chi connectivity index (χ3n) is 2.50. The first-order chi connectivity index (χ1) is 7.19. The van der Waals surface area contributed by atoms with Gasteiger partial charge < -0.3 is 9.67 Å².